The molecular weight excluding hydrogens is 274 g/mol. The first-order valence-electron chi connectivity index (χ1n) is 7.38. The summed E-state index contributed by atoms with van der Waals surface area (Å²) in [6.07, 6.45) is 1.25. The zero-order valence-electron chi connectivity index (χ0n) is 12.5. The maximum absolute atomic E-state index is 12.4. The Morgan fingerprint density at radius 2 is 1.68 bits per heavy atom. The molecule has 0 heterocycles. The normalized spacial score (nSPS) is 13.1. The number of benzene rings is 2. The molecule has 3 heteroatoms. The highest BCUT2D eigenvalue weighted by molar-refractivity contribution is 5.79. The molecule has 2 rings (SSSR count). The van der Waals surface area contributed by atoms with Gasteiger partial charge in [0.1, 0.15) is 0 Å². The smallest absolute Gasteiger partial charge is 0.226 e. The van der Waals surface area contributed by atoms with Crippen LogP contribution < -0.4 is 5.32 Å². The van der Waals surface area contributed by atoms with Crippen molar-refractivity contribution in [2.75, 3.05) is 0 Å². The summed E-state index contributed by atoms with van der Waals surface area (Å²) >= 11 is 0. The second-order valence-electron chi connectivity index (χ2n) is 5.19. The van der Waals surface area contributed by atoms with Gasteiger partial charge in [-0.3, -0.25) is 4.79 Å². The fourth-order valence-corrected chi connectivity index (χ4v) is 2.36. The fourth-order valence-electron chi connectivity index (χ4n) is 2.36. The Balaban J connectivity index is 2.03. The Morgan fingerprint density at radius 1 is 1.09 bits per heavy atom. The van der Waals surface area contributed by atoms with Gasteiger partial charge < -0.3 is 10.4 Å². The van der Waals surface area contributed by atoms with E-state index in [0.717, 1.165) is 11.1 Å². The van der Waals surface area contributed by atoms with Gasteiger partial charge in [-0.2, -0.15) is 0 Å². The monoisotopic (exact) mass is 295 g/mol. The molecule has 3 nitrogen and oxygen atoms in total. The van der Waals surface area contributed by atoms with E-state index in [1.165, 1.54) is 0 Å². The molecule has 22 heavy (non-hydrogen) atoms. The zero-order valence-corrected chi connectivity index (χ0v) is 12.5. The predicted molar refractivity (Wildman–Crippen MR) is 88.0 cm³/mol. The number of carbonyl (C=O) groups is 1. The third-order valence-electron chi connectivity index (χ3n) is 3.59. The van der Waals surface area contributed by atoms with Gasteiger partial charge in [0, 0.05) is 6.54 Å². The largest absolute Gasteiger partial charge is 0.388 e. The average Bonchev–Trinajstić information content (AvgIpc) is 2.58. The van der Waals surface area contributed by atoms with E-state index in [-0.39, 0.29) is 5.91 Å². The summed E-state index contributed by atoms with van der Waals surface area (Å²) in [5.74, 6) is -0.705. The molecular formula is C19H21NO2. The van der Waals surface area contributed by atoms with Gasteiger partial charge in [0.05, 0.1) is 12.0 Å². The van der Waals surface area contributed by atoms with Crippen molar-refractivity contribution in [2.45, 2.75) is 19.1 Å². The summed E-state index contributed by atoms with van der Waals surface area (Å²) in [4.78, 5) is 12.4. The molecule has 0 aliphatic rings. The van der Waals surface area contributed by atoms with Gasteiger partial charge >= 0.3 is 0 Å². The van der Waals surface area contributed by atoms with Crippen molar-refractivity contribution < 1.29 is 9.90 Å². The highest BCUT2D eigenvalue weighted by Crippen LogP contribution is 2.25. The van der Waals surface area contributed by atoms with E-state index in [2.05, 4.69) is 11.9 Å². The van der Waals surface area contributed by atoms with Gasteiger partial charge in [0.25, 0.3) is 0 Å². The Kier molecular flexibility index (Phi) is 5.92. The quantitative estimate of drug-likeness (QED) is 0.771. The second kappa shape index (κ2) is 8.15. The number of nitrogens with one attached hydrogen (secondary N) is 1. The predicted octanol–water partition coefficient (Wildman–Crippen LogP) is 3.23. The standard InChI is InChI=1S/C19H21NO2/c1-2-9-17(18(21)16-12-7-4-8-13-16)19(22)20-14-15-10-5-3-6-11-15/h2-8,10-13,17-18,21H,1,9,14H2,(H,20,22)/t17-,18-/m1/s1. The van der Waals surface area contributed by atoms with Crippen LogP contribution in [0, 0.1) is 5.92 Å². The van der Waals surface area contributed by atoms with Crippen LogP contribution in [0.3, 0.4) is 0 Å². The first-order chi connectivity index (χ1) is 10.7. The van der Waals surface area contributed by atoms with E-state index < -0.39 is 12.0 Å². The fraction of sp³-hybridized carbons (Fsp3) is 0.211. The minimum absolute atomic E-state index is 0.167. The van der Waals surface area contributed by atoms with Crippen LogP contribution in [0.1, 0.15) is 23.7 Å². The number of amides is 1. The molecule has 0 saturated carbocycles. The number of aliphatic hydroxyl groups is 1. The van der Waals surface area contributed by atoms with Crippen molar-refractivity contribution in [3.63, 3.8) is 0 Å². The number of carbonyl (C=O) groups excluding carboxylic acids is 1. The molecule has 114 valence electrons. The van der Waals surface area contributed by atoms with Gasteiger partial charge in [-0.25, -0.2) is 0 Å². The van der Waals surface area contributed by atoms with Gasteiger partial charge in [0.2, 0.25) is 5.91 Å². The maximum atomic E-state index is 12.4. The molecule has 0 aromatic heterocycles. The third-order valence-corrected chi connectivity index (χ3v) is 3.59. The van der Waals surface area contributed by atoms with Crippen molar-refractivity contribution in [3.05, 3.63) is 84.4 Å². The highest BCUT2D eigenvalue weighted by atomic mass is 16.3. The molecule has 1 amide bonds. The number of allylic oxidation sites excluding steroid dienone is 1. The molecule has 0 saturated heterocycles. The third kappa shape index (κ3) is 4.30. The number of aliphatic hydroxyl groups excluding tert-OH is 1. The summed E-state index contributed by atoms with van der Waals surface area (Å²) in [5.41, 5.74) is 1.77. The van der Waals surface area contributed by atoms with Gasteiger partial charge in [-0.1, -0.05) is 66.7 Å². The van der Waals surface area contributed by atoms with E-state index in [0.29, 0.717) is 13.0 Å². The van der Waals surface area contributed by atoms with Crippen LogP contribution in [0.15, 0.2) is 73.3 Å². The van der Waals surface area contributed by atoms with E-state index in [1.54, 1.807) is 6.08 Å². The van der Waals surface area contributed by atoms with Crippen LogP contribution in [0.5, 0.6) is 0 Å². The SMILES string of the molecule is C=CC[C@@H](C(=O)NCc1ccccc1)[C@H](O)c1ccccc1. The average molecular weight is 295 g/mol. The maximum Gasteiger partial charge on any atom is 0.226 e. The van der Waals surface area contributed by atoms with Crippen molar-refractivity contribution in [2.24, 2.45) is 5.92 Å². The first kappa shape index (κ1) is 16.0. The second-order valence-corrected chi connectivity index (χ2v) is 5.19. The van der Waals surface area contributed by atoms with Gasteiger partial charge in [0.15, 0.2) is 0 Å². The van der Waals surface area contributed by atoms with Crippen LogP contribution in [0.25, 0.3) is 0 Å². The molecule has 0 fully saturated rings. The summed E-state index contributed by atoms with van der Waals surface area (Å²) in [7, 11) is 0. The van der Waals surface area contributed by atoms with Gasteiger partial charge in [-0.15, -0.1) is 6.58 Å². The highest BCUT2D eigenvalue weighted by Gasteiger charge is 2.26. The Hall–Kier alpha value is -2.39. The van der Waals surface area contributed by atoms with E-state index >= 15 is 0 Å². The van der Waals surface area contributed by atoms with Crippen molar-refractivity contribution in [1.29, 1.82) is 0 Å². The minimum atomic E-state index is -0.838. The minimum Gasteiger partial charge on any atom is -0.388 e. The molecule has 0 radical (unpaired) electrons. The van der Waals surface area contributed by atoms with E-state index in [1.807, 2.05) is 60.7 Å². The summed E-state index contributed by atoms with van der Waals surface area (Å²) in [5, 5.41) is 13.4. The first-order valence-corrected chi connectivity index (χ1v) is 7.38. The Labute approximate surface area is 131 Å². The van der Waals surface area contributed by atoms with Crippen molar-refractivity contribution >= 4 is 5.91 Å². The van der Waals surface area contributed by atoms with E-state index in [9.17, 15) is 9.90 Å². The van der Waals surface area contributed by atoms with Crippen LogP contribution in [-0.2, 0) is 11.3 Å². The van der Waals surface area contributed by atoms with Crippen LogP contribution >= 0.6 is 0 Å². The van der Waals surface area contributed by atoms with E-state index in [4.69, 9.17) is 0 Å². The number of hydrogen-bond acceptors (Lipinski definition) is 2. The Bertz CT molecular complexity index is 595. The summed E-state index contributed by atoms with van der Waals surface area (Å²) in [6, 6.07) is 18.9. The topological polar surface area (TPSA) is 49.3 Å². The molecule has 2 aromatic rings. The number of rotatable bonds is 7. The lowest BCUT2D eigenvalue weighted by atomic mass is 9.92. The molecule has 2 aromatic carbocycles. The molecule has 2 atom stereocenters. The Morgan fingerprint density at radius 3 is 2.27 bits per heavy atom. The van der Waals surface area contributed by atoms with Crippen LogP contribution in [-0.4, -0.2) is 11.0 Å². The molecule has 0 spiro atoms. The molecule has 0 bridgehead atoms. The van der Waals surface area contributed by atoms with Crippen LogP contribution in [0.2, 0.25) is 0 Å². The number of hydrogen-bond donors (Lipinski definition) is 2. The van der Waals surface area contributed by atoms with Crippen LogP contribution in [0.4, 0.5) is 0 Å². The lowest BCUT2D eigenvalue weighted by Crippen LogP contribution is -2.33. The zero-order chi connectivity index (χ0) is 15.8. The van der Waals surface area contributed by atoms with Crippen molar-refractivity contribution in [3.8, 4) is 0 Å². The summed E-state index contributed by atoms with van der Waals surface area (Å²) < 4.78 is 0. The molecule has 0 unspecified atom stereocenters. The van der Waals surface area contributed by atoms with Gasteiger partial charge in [-0.05, 0) is 17.5 Å². The van der Waals surface area contributed by atoms with Crippen molar-refractivity contribution in [1.82, 2.24) is 5.32 Å². The molecule has 2 N–H and O–H groups in total. The summed E-state index contributed by atoms with van der Waals surface area (Å²) in [6.45, 7) is 4.14. The lowest BCUT2D eigenvalue weighted by molar-refractivity contribution is -0.128. The molecule has 0 aliphatic carbocycles. The molecule has 0 aliphatic heterocycles. The lowest BCUT2D eigenvalue weighted by Gasteiger charge is -2.21.